The van der Waals surface area contributed by atoms with Crippen molar-refractivity contribution in [3.05, 3.63) is 88.2 Å². The van der Waals surface area contributed by atoms with Crippen molar-refractivity contribution in [2.45, 2.75) is 39.1 Å². The highest BCUT2D eigenvalue weighted by atomic mass is 32.2. The van der Waals surface area contributed by atoms with E-state index in [4.69, 9.17) is 4.74 Å². The summed E-state index contributed by atoms with van der Waals surface area (Å²) in [5.74, 6) is -0.132. The van der Waals surface area contributed by atoms with E-state index in [1.807, 2.05) is 25.5 Å². The topological polar surface area (TPSA) is 73.2 Å². The fraction of sp³-hybridized carbons (Fsp3) is 0.296. The summed E-state index contributed by atoms with van der Waals surface area (Å²) in [6, 6.07) is 16.6. The van der Waals surface area contributed by atoms with Crippen LogP contribution in [0.4, 0.5) is 0 Å². The van der Waals surface area contributed by atoms with Crippen molar-refractivity contribution < 1.29 is 14.3 Å². The van der Waals surface area contributed by atoms with E-state index in [1.54, 1.807) is 17.8 Å². The zero-order valence-electron chi connectivity index (χ0n) is 20.1. The van der Waals surface area contributed by atoms with Crippen LogP contribution in [0.5, 0.6) is 0 Å². The molecule has 0 spiro atoms. The van der Waals surface area contributed by atoms with Crippen molar-refractivity contribution in [3.8, 4) is 0 Å². The number of nitrogens with one attached hydrogen (secondary N) is 1. The molecule has 0 bridgehead atoms. The number of ether oxygens (including phenoxy) is 1. The lowest BCUT2D eigenvalue weighted by Gasteiger charge is -2.06. The number of nitrogens with zero attached hydrogens (tertiary/aromatic N) is 2. The van der Waals surface area contributed by atoms with Crippen LogP contribution in [0.2, 0.25) is 0 Å². The van der Waals surface area contributed by atoms with Gasteiger partial charge in [-0.1, -0.05) is 47.5 Å². The Bertz CT molecular complexity index is 1150. The Morgan fingerprint density at radius 3 is 2.32 bits per heavy atom. The van der Waals surface area contributed by atoms with Crippen molar-refractivity contribution in [3.63, 3.8) is 0 Å². The van der Waals surface area contributed by atoms with Gasteiger partial charge in [0, 0.05) is 34.5 Å². The Balaban J connectivity index is 1.42. The Hall–Kier alpha value is -3.32. The number of carbonyl (C=O) groups excluding carboxylic acids is 2. The molecule has 3 aromatic rings. The third-order valence-corrected chi connectivity index (χ3v) is 6.35. The highest BCUT2D eigenvalue weighted by molar-refractivity contribution is 7.99. The van der Waals surface area contributed by atoms with Crippen molar-refractivity contribution in [2.75, 3.05) is 18.9 Å². The largest absolute Gasteiger partial charge is 0.452 e. The average molecular weight is 478 g/mol. The molecule has 0 radical (unpaired) electrons. The van der Waals surface area contributed by atoms with Gasteiger partial charge in [0.1, 0.15) is 0 Å². The van der Waals surface area contributed by atoms with Crippen LogP contribution in [0.1, 0.15) is 33.6 Å². The molecule has 6 nitrogen and oxygen atoms in total. The second kappa shape index (κ2) is 12.2. The summed E-state index contributed by atoms with van der Waals surface area (Å²) in [7, 11) is 0. The number of amides is 1. The number of hydrogen-bond donors (Lipinski definition) is 1. The van der Waals surface area contributed by atoms with E-state index in [-0.39, 0.29) is 12.5 Å². The summed E-state index contributed by atoms with van der Waals surface area (Å²) in [6.07, 6.45) is 3.04. The van der Waals surface area contributed by atoms with Crippen molar-refractivity contribution >= 4 is 29.7 Å². The Kier molecular flexibility index (Phi) is 9.10. The van der Waals surface area contributed by atoms with Gasteiger partial charge in [0.05, 0.1) is 12.2 Å². The van der Waals surface area contributed by atoms with Gasteiger partial charge < -0.3 is 10.1 Å². The summed E-state index contributed by atoms with van der Waals surface area (Å²) in [5, 5.41) is 7.36. The first-order chi connectivity index (χ1) is 16.3. The first kappa shape index (κ1) is 25.3. The number of hydrogen-bond acceptors (Lipinski definition) is 5. The predicted molar refractivity (Wildman–Crippen MR) is 137 cm³/mol. The van der Waals surface area contributed by atoms with Crippen LogP contribution in [0.3, 0.4) is 0 Å². The fourth-order valence-electron chi connectivity index (χ4n) is 3.35. The molecule has 1 aromatic heterocycles. The van der Waals surface area contributed by atoms with Crippen LogP contribution in [-0.2, 0) is 20.9 Å². The van der Waals surface area contributed by atoms with Gasteiger partial charge in [0.15, 0.2) is 6.61 Å². The molecule has 0 aliphatic carbocycles. The molecule has 0 aliphatic rings. The first-order valence-electron chi connectivity index (χ1n) is 11.2. The highest BCUT2D eigenvalue weighted by Gasteiger charge is 2.11. The molecule has 1 heterocycles. The molecule has 34 heavy (non-hydrogen) atoms. The molecule has 7 heteroatoms. The summed E-state index contributed by atoms with van der Waals surface area (Å²) in [5.41, 5.74) is 6.27. The maximum absolute atomic E-state index is 12.1. The number of esters is 1. The molecular weight excluding hydrogens is 446 g/mol. The van der Waals surface area contributed by atoms with E-state index < -0.39 is 5.97 Å². The molecule has 0 saturated heterocycles. The molecule has 1 amide bonds. The fourth-order valence-corrected chi connectivity index (χ4v) is 4.12. The van der Waals surface area contributed by atoms with Crippen LogP contribution in [0.25, 0.3) is 6.08 Å². The number of carbonyl (C=O) groups is 2. The lowest BCUT2D eigenvalue weighted by molar-refractivity contribution is -0.143. The van der Waals surface area contributed by atoms with Crippen LogP contribution in [0, 0.1) is 27.7 Å². The molecule has 178 valence electrons. The first-order valence-corrected chi connectivity index (χ1v) is 12.2. The van der Waals surface area contributed by atoms with Gasteiger partial charge in [0.2, 0.25) is 0 Å². The SMILES string of the molecule is Cc1ccc(Cn2nc(C)c(/C=C/C(=O)OCC(=O)NCCSc3ccc(C)cc3)c2C)cc1. The standard InChI is InChI=1S/C27H31N3O3S/c1-19-5-9-23(10-6-19)17-30-22(4)25(21(3)29-30)13-14-27(32)33-18-26(31)28-15-16-34-24-11-7-20(2)8-12-24/h5-14H,15-18H2,1-4H3,(H,28,31)/b14-13+. The van der Waals surface area contributed by atoms with Crippen LogP contribution in [-0.4, -0.2) is 40.6 Å². The van der Waals surface area contributed by atoms with Gasteiger partial charge >= 0.3 is 5.97 Å². The van der Waals surface area contributed by atoms with Crippen LogP contribution >= 0.6 is 11.8 Å². The molecule has 0 unspecified atom stereocenters. The third kappa shape index (κ3) is 7.63. The van der Waals surface area contributed by atoms with Crippen LogP contribution in [0.15, 0.2) is 59.5 Å². The summed E-state index contributed by atoms with van der Waals surface area (Å²) >= 11 is 1.67. The zero-order chi connectivity index (χ0) is 24.5. The molecule has 0 saturated carbocycles. The van der Waals surface area contributed by atoms with Gasteiger partial charge in [-0.3, -0.25) is 9.48 Å². The number of thioether (sulfide) groups is 1. The van der Waals surface area contributed by atoms with Gasteiger partial charge in [-0.05, 0) is 51.5 Å². The molecule has 1 N–H and O–H groups in total. The van der Waals surface area contributed by atoms with E-state index >= 15 is 0 Å². The lowest BCUT2D eigenvalue weighted by Crippen LogP contribution is -2.30. The molecule has 0 aliphatic heterocycles. The van der Waals surface area contributed by atoms with Gasteiger partial charge in [-0.2, -0.15) is 5.10 Å². The molecular formula is C27H31N3O3S. The van der Waals surface area contributed by atoms with E-state index in [9.17, 15) is 9.59 Å². The second-order valence-corrected chi connectivity index (χ2v) is 9.35. The monoisotopic (exact) mass is 477 g/mol. The van der Waals surface area contributed by atoms with Gasteiger partial charge in [0.25, 0.3) is 5.91 Å². The Labute approximate surface area is 205 Å². The number of benzene rings is 2. The Morgan fingerprint density at radius 2 is 1.65 bits per heavy atom. The normalized spacial score (nSPS) is 11.1. The van der Waals surface area contributed by atoms with Crippen molar-refractivity contribution in [1.82, 2.24) is 15.1 Å². The minimum absolute atomic E-state index is 0.303. The quantitative estimate of drug-likeness (QED) is 0.199. The van der Waals surface area contributed by atoms with Gasteiger partial charge in [-0.15, -0.1) is 11.8 Å². The summed E-state index contributed by atoms with van der Waals surface area (Å²) in [4.78, 5) is 25.2. The predicted octanol–water partition coefficient (Wildman–Crippen LogP) is 4.63. The van der Waals surface area contributed by atoms with Crippen LogP contribution < -0.4 is 5.32 Å². The van der Waals surface area contributed by atoms with E-state index in [2.05, 4.69) is 65.9 Å². The van der Waals surface area contributed by atoms with E-state index in [0.717, 1.165) is 33.2 Å². The maximum atomic E-state index is 12.1. The summed E-state index contributed by atoms with van der Waals surface area (Å²) < 4.78 is 7.00. The minimum Gasteiger partial charge on any atom is -0.452 e. The third-order valence-electron chi connectivity index (χ3n) is 5.34. The number of rotatable bonds is 10. The zero-order valence-corrected chi connectivity index (χ0v) is 20.9. The number of aryl methyl sites for hydroxylation is 3. The molecule has 2 aromatic carbocycles. The second-order valence-electron chi connectivity index (χ2n) is 8.18. The van der Waals surface area contributed by atoms with Crippen molar-refractivity contribution in [1.29, 1.82) is 0 Å². The Morgan fingerprint density at radius 1 is 1.00 bits per heavy atom. The highest BCUT2D eigenvalue weighted by Crippen LogP contribution is 2.18. The van der Waals surface area contributed by atoms with Crippen molar-refractivity contribution in [2.24, 2.45) is 0 Å². The average Bonchev–Trinajstić information content (AvgIpc) is 3.08. The minimum atomic E-state index is -0.561. The van der Waals surface area contributed by atoms with E-state index in [0.29, 0.717) is 13.1 Å². The lowest BCUT2D eigenvalue weighted by atomic mass is 10.1. The number of aromatic nitrogens is 2. The molecule has 0 atom stereocenters. The molecule has 3 rings (SSSR count). The summed E-state index contributed by atoms with van der Waals surface area (Å²) in [6.45, 7) is 8.85. The molecule has 0 fully saturated rings. The van der Waals surface area contributed by atoms with Gasteiger partial charge in [-0.25, -0.2) is 4.79 Å². The smallest absolute Gasteiger partial charge is 0.331 e. The maximum Gasteiger partial charge on any atom is 0.331 e. The van der Waals surface area contributed by atoms with E-state index in [1.165, 1.54) is 17.2 Å².